The van der Waals surface area contributed by atoms with Crippen LogP contribution in [0, 0.1) is 0 Å². The number of hydrogen-bond acceptors (Lipinski definition) is 4. The summed E-state index contributed by atoms with van der Waals surface area (Å²) in [6, 6.07) is 3.91. The second kappa shape index (κ2) is 7.92. The fourth-order valence-electron chi connectivity index (χ4n) is 1.69. The monoisotopic (exact) mass is 268 g/mol. The molecule has 0 amide bonds. The predicted octanol–water partition coefficient (Wildman–Crippen LogP) is 1.28. The average molecular weight is 269 g/mol. The number of nitrogens with two attached hydrogens (primary N) is 1. The van der Waals surface area contributed by atoms with Gasteiger partial charge in [0, 0.05) is 19.6 Å². The van der Waals surface area contributed by atoms with Gasteiger partial charge in [-0.25, -0.2) is 0 Å². The molecule has 2 rings (SSSR count). The lowest BCUT2D eigenvalue weighted by Crippen LogP contribution is -2.45. The van der Waals surface area contributed by atoms with Gasteiger partial charge in [-0.15, -0.1) is 24.8 Å². The molecule has 0 aliphatic carbocycles. The van der Waals surface area contributed by atoms with Crippen LogP contribution in [0.5, 0.6) is 0 Å². The highest BCUT2D eigenvalue weighted by Crippen LogP contribution is 2.09. The molecule has 0 bridgehead atoms. The van der Waals surface area contributed by atoms with Gasteiger partial charge in [0.15, 0.2) is 0 Å². The molecule has 0 spiro atoms. The van der Waals surface area contributed by atoms with E-state index in [0.717, 1.165) is 32.0 Å². The lowest BCUT2D eigenvalue weighted by Gasteiger charge is -2.31. The van der Waals surface area contributed by atoms with E-state index in [4.69, 9.17) is 14.9 Å². The Morgan fingerprint density at radius 3 is 2.88 bits per heavy atom. The van der Waals surface area contributed by atoms with Crippen LogP contribution in [0.3, 0.4) is 0 Å². The van der Waals surface area contributed by atoms with E-state index in [1.165, 1.54) is 0 Å². The predicted molar refractivity (Wildman–Crippen MR) is 67.3 cm³/mol. The van der Waals surface area contributed by atoms with Crippen LogP contribution in [0.4, 0.5) is 0 Å². The summed E-state index contributed by atoms with van der Waals surface area (Å²) in [7, 11) is 0. The maximum Gasteiger partial charge on any atom is 0.117 e. The van der Waals surface area contributed by atoms with E-state index >= 15 is 0 Å². The van der Waals surface area contributed by atoms with E-state index in [9.17, 15) is 0 Å². The first-order valence-corrected chi connectivity index (χ1v) is 4.95. The normalized spacial score (nSPS) is 20.9. The molecule has 1 aromatic heterocycles. The SMILES string of the molecule is Cl.Cl.NCC1CN(Cc2ccco2)CCO1. The molecule has 4 nitrogen and oxygen atoms in total. The van der Waals surface area contributed by atoms with Gasteiger partial charge in [0.1, 0.15) is 5.76 Å². The summed E-state index contributed by atoms with van der Waals surface area (Å²) in [4.78, 5) is 2.31. The smallest absolute Gasteiger partial charge is 0.117 e. The number of nitrogens with zero attached hydrogens (tertiary/aromatic N) is 1. The highest BCUT2D eigenvalue weighted by Gasteiger charge is 2.19. The Hall–Kier alpha value is -0.260. The maximum absolute atomic E-state index is 5.56. The number of hydrogen-bond donors (Lipinski definition) is 1. The third-order valence-corrected chi connectivity index (χ3v) is 2.45. The van der Waals surface area contributed by atoms with Crippen molar-refractivity contribution in [3.63, 3.8) is 0 Å². The fraction of sp³-hybridized carbons (Fsp3) is 0.600. The summed E-state index contributed by atoms with van der Waals surface area (Å²) >= 11 is 0. The van der Waals surface area contributed by atoms with E-state index in [0.29, 0.717) is 6.54 Å². The quantitative estimate of drug-likeness (QED) is 0.898. The average Bonchev–Trinajstić information content (AvgIpc) is 2.71. The fourth-order valence-corrected chi connectivity index (χ4v) is 1.69. The Kier molecular flexibility index (Phi) is 7.80. The van der Waals surface area contributed by atoms with Gasteiger partial charge in [-0.05, 0) is 12.1 Å². The van der Waals surface area contributed by atoms with Crippen LogP contribution >= 0.6 is 24.8 Å². The van der Waals surface area contributed by atoms with E-state index in [-0.39, 0.29) is 30.9 Å². The van der Waals surface area contributed by atoms with Gasteiger partial charge in [0.05, 0.1) is 25.5 Å². The lowest BCUT2D eigenvalue weighted by atomic mass is 10.2. The summed E-state index contributed by atoms with van der Waals surface area (Å²) in [5.41, 5.74) is 5.56. The highest BCUT2D eigenvalue weighted by molar-refractivity contribution is 5.85. The van der Waals surface area contributed by atoms with Gasteiger partial charge in [0.2, 0.25) is 0 Å². The van der Waals surface area contributed by atoms with Crippen LogP contribution in [-0.2, 0) is 11.3 Å². The van der Waals surface area contributed by atoms with Crippen molar-refractivity contribution < 1.29 is 9.15 Å². The Labute approximate surface area is 108 Å². The van der Waals surface area contributed by atoms with E-state index in [1.807, 2.05) is 12.1 Å². The summed E-state index contributed by atoms with van der Waals surface area (Å²) in [6.45, 7) is 4.07. The number of furan rings is 1. The van der Waals surface area contributed by atoms with Crippen molar-refractivity contribution >= 4 is 24.8 Å². The van der Waals surface area contributed by atoms with Gasteiger partial charge in [-0.3, -0.25) is 4.90 Å². The molecule has 1 aliphatic heterocycles. The molecule has 2 heterocycles. The first-order valence-electron chi connectivity index (χ1n) is 4.95. The molecule has 0 saturated carbocycles. The molecule has 0 radical (unpaired) electrons. The second-order valence-electron chi connectivity index (χ2n) is 3.54. The number of halogens is 2. The molecule has 2 N–H and O–H groups in total. The highest BCUT2D eigenvalue weighted by atomic mass is 35.5. The molecule has 1 aromatic rings. The van der Waals surface area contributed by atoms with Crippen LogP contribution in [0.25, 0.3) is 0 Å². The van der Waals surface area contributed by atoms with E-state index in [2.05, 4.69) is 4.90 Å². The molecule has 1 atom stereocenters. The molecule has 1 fully saturated rings. The largest absolute Gasteiger partial charge is 0.468 e. The summed E-state index contributed by atoms with van der Waals surface area (Å²) in [5.74, 6) is 1.00. The zero-order valence-electron chi connectivity index (χ0n) is 9.00. The zero-order chi connectivity index (χ0) is 9.80. The Morgan fingerprint density at radius 2 is 2.25 bits per heavy atom. The lowest BCUT2D eigenvalue weighted by molar-refractivity contribution is -0.0278. The standard InChI is InChI=1S/C10H16N2O2.2ClH/c11-6-10-8-12(3-5-14-10)7-9-2-1-4-13-9;;/h1-2,4,10H,3,5-8,11H2;2*1H. The van der Waals surface area contributed by atoms with Gasteiger partial charge in [-0.1, -0.05) is 0 Å². The molecule has 1 unspecified atom stereocenters. The van der Waals surface area contributed by atoms with Crippen molar-refractivity contribution in [3.05, 3.63) is 24.2 Å². The second-order valence-corrected chi connectivity index (χ2v) is 3.54. The van der Waals surface area contributed by atoms with Crippen molar-refractivity contribution in [1.29, 1.82) is 0 Å². The van der Waals surface area contributed by atoms with Crippen molar-refractivity contribution in [2.75, 3.05) is 26.2 Å². The summed E-state index contributed by atoms with van der Waals surface area (Å²) < 4.78 is 10.8. The van der Waals surface area contributed by atoms with Crippen molar-refractivity contribution in [2.45, 2.75) is 12.6 Å². The molecule has 94 valence electrons. The summed E-state index contributed by atoms with van der Waals surface area (Å²) in [6.07, 6.45) is 1.88. The van der Waals surface area contributed by atoms with Crippen molar-refractivity contribution in [2.24, 2.45) is 5.73 Å². The van der Waals surface area contributed by atoms with Crippen LogP contribution in [0.1, 0.15) is 5.76 Å². The third kappa shape index (κ3) is 4.31. The van der Waals surface area contributed by atoms with Gasteiger partial charge < -0.3 is 14.9 Å². The van der Waals surface area contributed by atoms with Crippen LogP contribution in [0.15, 0.2) is 22.8 Å². The Morgan fingerprint density at radius 1 is 1.44 bits per heavy atom. The molecule has 1 aliphatic rings. The molecular formula is C10H18Cl2N2O2. The van der Waals surface area contributed by atoms with Gasteiger partial charge in [-0.2, -0.15) is 0 Å². The van der Waals surface area contributed by atoms with Crippen molar-refractivity contribution in [3.8, 4) is 0 Å². The molecule has 6 heteroatoms. The Bertz CT molecular complexity index is 270. The van der Waals surface area contributed by atoms with Gasteiger partial charge in [0.25, 0.3) is 0 Å². The maximum atomic E-state index is 5.56. The number of ether oxygens (including phenoxy) is 1. The molecule has 0 aromatic carbocycles. The molecule has 16 heavy (non-hydrogen) atoms. The minimum atomic E-state index is 0. The number of morpholine rings is 1. The van der Waals surface area contributed by atoms with Crippen LogP contribution in [0.2, 0.25) is 0 Å². The summed E-state index contributed by atoms with van der Waals surface area (Å²) in [5, 5.41) is 0. The zero-order valence-corrected chi connectivity index (χ0v) is 10.6. The Balaban J connectivity index is 0.00000112. The van der Waals surface area contributed by atoms with E-state index < -0.39 is 0 Å². The molecule has 1 saturated heterocycles. The van der Waals surface area contributed by atoms with Gasteiger partial charge >= 0.3 is 0 Å². The van der Waals surface area contributed by atoms with Crippen LogP contribution < -0.4 is 5.73 Å². The third-order valence-electron chi connectivity index (χ3n) is 2.45. The van der Waals surface area contributed by atoms with Crippen LogP contribution in [-0.4, -0.2) is 37.2 Å². The minimum absolute atomic E-state index is 0. The topological polar surface area (TPSA) is 51.6 Å². The van der Waals surface area contributed by atoms with E-state index in [1.54, 1.807) is 6.26 Å². The minimum Gasteiger partial charge on any atom is -0.468 e. The molecular weight excluding hydrogens is 251 g/mol. The first-order chi connectivity index (χ1) is 6.88. The van der Waals surface area contributed by atoms with Crippen molar-refractivity contribution in [1.82, 2.24) is 4.90 Å². The number of rotatable bonds is 3. The first kappa shape index (κ1) is 15.7.